The van der Waals surface area contributed by atoms with E-state index in [1.807, 2.05) is 0 Å². The average Bonchev–Trinajstić information content (AvgIpc) is 2.43. The maximum atomic E-state index is 11.0. The first-order valence-electron chi connectivity index (χ1n) is 7.42. The van der Waals surface area contributed by atoms with Gasteiger partial charge in [-0.05, 0) is 51.9 Å². The SMILES string of the molecule is CCOC(=O)COCCNCC1CCN(CC)CC1. The Morgan fingerprint density at radius 2 is 2.05 bits per heavy atom. The van der Waals surface area contributed by atoms with E-state index >= 15 is 0 Å². The Kier molecular flexibility index (Phi) is 8.79. The standard InChI is InChI=1S/C14H28N2O3/c1-3-16-8-5-13(6-9-16)11-15-7-10-18-12-14(17)19-4-2/h13,15H,3-12H2,1-2H3. The molecule has 5 nitrogen and oxygen atoms in total. The largest absolute Gasteiger partial charge is 0.464 e. The number of carbonyl (C=O) groups excluding carboxylic acids is 1. The quantitative estimate of drug-likeness (QED) is 0.499. The van der Waals surface area contributed by atoms with Crippen molar-refractivity contribution >= 4 is 5.97 Å². The minimum absolute atomic E-state index is 0.0599. The normalized spacial score (nSPS) is 17.6. The van der Waals surface area contributed by atoms with Gasteiger partial charge in [0.25, 0.3) is 0 Å². The lowest BCUT2D eigenvalue weighted by Gasteiger charge is -2.31. The Balaban J connectivity index is 1.90. The van der Waals surface area contributed by atoms with Crippen LogP contribution in [0.25, 0.3) is 0 Å². The van der Waals surface area contributed by atoms with Gasteiger partial charge < -0.3 is 19.7 Å². The number of carbonyl (C=O) groups is 1. The van der Waals surface area contributed by atoms with Crippen molar-refractivity contribution in [2.45, 2.75) is 26.7 Å². The summed E-state index contributed by atoms with van der Waals surface area (Å²) in [7, 11) is 0. The molecule has 0 spiro atoms. The van der Waals surface area contributed by atoms with Gasteiger partial charge in [0.2, 0.25) is 0 Å². The van der Waals surface area contributed by atoms with Crippen LogP contribution in [-0.4, -0.2) is 63.4 Å². The molecule has 112 valence electrons. The molecule has 0 saturated carbocycles. The summed E-state index contributed by atoms with van der Waals surface area (Å²) >= 11 is 0. The second-order valence-corrected chi connectivity index (χ2v) is 4.94. The van der Waals surface area contributed by atoms with Gasteiger partial charge in [-0.3, -0.25) is 0 Å². The van der Waals surface area contributed by atoms with Gasteiger partial charge in [-0.1, -0.05) is 6.92 Å². The summed E-state index contributed by atoms with van der Waals surface area (Å²) in [4.78, 5) is 13.5. The van der Waals surface area contributed by atoms with Gasteiger partial charge in [-0.2, -0.15) is 0 Å². The molecule has 0 aromatic heterocycles. The molecule has 0 radical (unpaired) electrons. The summed E-state index contributed by atoms with van der Waals surface area (Å²) in [5, 5.41) is 3.40. The fraction of sp³-hybridized carbons (Fsp3) is 0.929. The van der Waals surface area contributed by atoms with E-state index in [0.717, 1.165) is 19.0 Å². The van der Waals surface area contributed by atoms with Gasteiger partial charge in [0.1, 0.15) is 6.61 Å². The predicted octanol–water partition coefficient (Wildman–Crippen LogP) is 0.888. The number of nitrogens with one attached hydrogen (secondary N) is 1. The lowest BCUT2D eigenvalue weighted by atomic mass is 9.97. The van der Waals surface area contributed by atoms with Gasteiger partial charge in [-0.25, -0.2) is 4.79 Å². The number of piperidine rings is 1. The Morgan fingerprint density at radius 1 is 1.32 bits per heavy atom. The van der Waals surface area contributed by atoms with Crippen molar-refractivity contribution in [1.29, 1.82) is 0 Å². The van der Waals surface area contributed by atoms with Crippen molar-refractivity contribution in [2.24, 2.45) is 5.92 Å². The van der Waals surface area contributed by atoms with E-state index in [-0.39, 0.29) is 12.6 Å². The lowest BCUT2D eigenvalue weighted by Crippen LogP contribution is -2.37. The Bertz CT molecular complexity index is 241. The van der Waals surface area contributed by atoms with Crippen LogP contribution in [0, 0.1) is 5.92 Å². The van der Waals surface area contributed by atoms with E-state index in [1.54, 1.807) is 6.92 Å². The van der Waals surface area contributed by atoms with Crippen LogP contribution in [0.1, 0.15) is 26.7 Å². The highest BCUT2D eigenvalue weighted by molar-refractivity contribution is 5.70. The molecule has 0 atom stereocenters. The third-order valence-corrected chi connectivity index (χ3v) is 3.54. The zero-order valence-electron chi connectivity index (χ0n) is 12.3. The monoisotopic (exact) mass is 272 g/mol. The summed E-state index contributed by atoms with van der Waals surface area (Å²) in [6.45, 7) is 10.5. The highest BCUT2D eigenvalue weighted by Gasteiger charge is 2.17. The molecule has 0 unspecified atom stereocenters. The molecule has 1 aliphatic rings. The van der Waals surface area contributed by atoms with E-state index in [2.05, 4.69) is 17.1 Å². The summed E-state index contributed by atoms with van der Waals surface area (Å²) in [5.41, 5.74) is 0. The zero-order chi connectivity index (χ0) is 13.9. The zero-order valence-corrected chi connectivity index (χ0v) is 12.3. The van der Waals surface area contributed by atoms with E-state index in [0.29, 0.717) is 13.2 Å². The molecule has 0 aromatic rings. The molecule has 1 rings (SSSR count). The molecule has 5 heteroatoms. The number of hydrogen-bond acceptors (Lipinski definition) is 5. The fourth-order valence-electron chi connectivity index (χ4n) is 2.32. The Labute approximate surface area is 116 Å². The van der Waals surface area contributed by atoms with Crippen molar-refractivity contribution < 1.29 is 14.3 Å². The third-order valence-electron chi connectivity index (χ3n) is 3.54. The summed E-state index contributed by atoms with van der Waals surface area (Å²) < 4.78 is 10.0. The van der Waals surface area contributed by atoms with E-state index in [9.17, 15) is 4.79 Å². The second-order valence-electron chi connectivity index (χ2n) is 4.94. The second kappa shape index (κ2) is 10.2. The maximum Gasteiger partial charge on any atom is 0.332 e. The minimum atomic E-state index is -0.283. The van der Waals surface area contributed by atoms with Crippen molar-refractivity contribution in [3.05, 3.63) is 0 Å². The molecule has 1 heterocycles. The third kappa shape index (κ3) is 7.50. The number of nitrogens with zero attached hydrogens (tertiary/aromatic N) is 1. The summed E-state index contributed by atoms with van der Waals surface area (Å²) in [5.74, 6) is 0.502. The maximum absolute atomic E-state index is 11.0. The molecule has 1 aliphatic heterocycles. The summed E-state index contributed by atoms with van der Waals surface area (Å²) in [6.07, 6.45) is 2.56. The molecule has 0 amide bonds. The van der Waals surface area contributed by atoms with Crippen molar-refractivity contribution in [3.63, 3.8) is 0 Å². The van der Waals surface area contributed by atoms with E-state index < -0.39 is 0 Å². The topological polar surface area (TPSA) is 50.8 Å². The van der Waals surface area contributed by atoms with Crippen molar-refractivity contribution in [3.8, 4) is 0 Å². The van der Waals surface area contributed by atoms with Crippen LogP contribution in [0.5, 0.6) is 0 Å². The molecule has 1 saturated heterocycles. The highest BCUT2D eigenvalue weighted by Crippen LogP contribution is 2.15. The number of ether oxygens (including phenoxy) is 2. The molecule has 1 N–H and O–H groups in total. The Morgan fingerprint density at radius 3 is 2.68 bits per heavy atom. The summed E-state index contributed by atoms with van der Waals surface area (Å²) in [6, 6.07) is 0. The lowest BCUT2D eigenvalue weighted by molar-refractivity contribution is -0.148. The van der Waals surface area contributed by atoms with Gasteiger partial charge >= 0.3 is 5.97 Å². The van der Waals surface area contributed by atoms with Crippen LogP contribution < -0.4 is 5.32 Å². The number of likely N-dealkylation sites (tertiary alicyclic amines) is 1. The van der Waals surface area contributed by atoms with Gasteiger partial charge in [-0.15, -0.1) is 0 Å². The van der Waals surface area contributed by atoms with Crippen LogP contribution in [0.3, 0.4) is 0 Å². The van der Waals surface area contributed by atoms with E-state index in [1.165, 1.54) is 32.5 Å². The molecule has 0 bridgehead atoms. The predicted molar refractivity (Wildman–Crippen MR) is 75.2 cm³/mol. The number of rotatable bonds is 9. The van der Waals surface area contributed by atoms with Crippen LogP contribution in [0.4, 0.5) is 0 Å². The van der Waals surface area contributed by atoms with E-state index in [4.69, 9.17) is 9.47 Å². The van der Waals surface area contributed by atoms with Gasteiger partial charge in [0, 0.05) is 6.54 Å². The first-order valence-corrected chi connectivity index (χ1v) is 7.42. The smallest absolute Gasteiger partial charge is 0.332 e. The van der Waals surface area contributed by atoms with Crippen molar-refractivity contribution in [1.82, 2.24) is 10.2 Å². The number of hydrogen-bond donors (Lipinski definition) is 1. The molecular formula is C14H28N2O3. The molecule has 1 fully saturated rings. The van der Waals surface area contributed by atoms with Crippen LogP contribution in [0.15, 0.2) is 0 Å². The van der Waals surface area contributed by atoms with Gasteiger partial charge in [0.15, 0.2) is 0 Å². The van der Waals surface area contributed by atoms with Gasteiger partial charge in [0.05, 0.1) is 13.2 Å². The molecule has 0 aromatic carbocycles. The first-order chi connectivity index (χ1) is 9.26. The average molecular weight is 272 g/mol. The Hall–Kier alpha value is -0.650. The van der Waals surface area contributed by atoms with Crippen LogP contribution in [-0.2, 0) is 14.3 Å². The molecule has 0 aliphatic carbocycles. The number of esters is 1. The van der Waals surface area contributed by atoms with Crippen LogP contribution >= 0.6 is 0 Å². The fourth-order valence-corrected chi connectivity index (χ4v) is 2.32. The molecular weight excluding hydrogens is 244 g/mol. The van der Waals surface area contributed by atoms with Crippen LogP contribution in [0.2, 0.25) is 0 Å². The highest BCUT2D eigenvalue weighted by atomic mass is 16.6. The first kappa shape index (κ1) is 16.4. The van der Waals surface area contributed by atoms with Crippen molar-refractivity contribution in [2.75, 3.05) is 52.5 Å². The minimum Gasteiger partial charge on any atom is -0.464 e. The molecule has 19 heavy (non-hydrogen) atoms.